The molecule has 25 heavy (non-hydrogen) atoms. The summed E-state index contributed by atoms with van der Waals surface area (Å²) in [5, 5.41) is 10.8. The fourth-order valence-electron chi connectivity index (χ4n) is 3.35. The zero-order chi connectivity index (χ0) is 17.2. The largest absolute Gasteiger partial charge is 0.370 e. The summed E-state index contributed by atoms with van der Waals surface area (Å²) in [6.07, 6.45) is 2.29. The Kier molecular flexibility index (Phi) is 4.09. The highest BCUT2D eigenvalue weighted by Gasteiger charge is 2.20. The number of fused-ring (bicyclic) bond motifs is 1. The number of H-pyrrole nitrogens is 1. The maximum Gasteiger partial charge on any atom is 0.230 e. The Labute approximate surface area is 144 Å². The van der Waals surface area contributed by atoms with Crippen LogP contribution < -0.4 is 10.2 Å². The number of anilines is 2. The van der Waals surface area contributed by atoms with Gasteiger partial charge in [-0.1, -0.05) is 24.3 Å². The fourth-order valence-corrected chi connectivity index (χ4v) is 3.35. The van der Waals surface area contributed by atoms with E-state index >= 15 is 0 Å². The summed E-state index contributed by atoms with van der Waals surface area (Å²) in [6.45, 7) is 1.77. The maximum atomic E-state index is 14.3. The number of nitrogens with zero attached hydrogens (tertiary/aromatic N) is 2. The van der Waals surface area contributed by atoms with Crippen molar-refractivity contribution in [2.24, 2.45) is 0 Å². The summed E-state index contributed by atoms with van der Waals surface area (Å²) < 4.78 is 14.3. The first-order valence-electron chi connectivity index (χ1n) is 8.47. The van der Waals surface area contributed by atoms with Gasteiger partial charge in [0.1, 0.15) is 11.5 Å². The van der Waals surface area contributed by atoms with Crippen molar-refractivity contribution in [3.05, 3.63) is 54.0 Å². The summed E-state index contributed by atoms with van der Waals surface area (Å²) in [6, 6.07) is 12.5. The smallest absolute Gasteiger partial charge is 0.230 e. The number of nitrogens with one attached hydrogen (secondary N) is 2. The molecule has 0 atom stereocenters. The molecule has 128 valence electrons. The number of carbonyl (C=O) groups excluding carboxylic acids is 1. The normalized spacial score (nSPS) is 14.2. The van der Waals surface area contributed by atoms with E-state index in [1.165, 1.54) is 6.07 Å². The molecule has 4 rings (SSSR count). The third kappa shape index (κ3) is 3.07. The molecule has 0 spiro atoms. The van der Waals surface area contributed by atoms with E-state index in [0.717, 1.165) is 48.2 Å². The molecule has 1 amide bonds. The Morgan fingerprint density at radius 1 is 1.16 bits per heavy atom. The van der Waals surface area contributed by atoms with Crippen LogP contribution in [0.5, 0.6) is 0 Å². The summed E-state index contributed by atoms with van der Waals surface area (Å²) in [4.78, 5) is 14.6. The number of rotatable bonds is 4. The van der Waals surface area contributed by atoms with E-state index in [2.05, 4.69) is 20.4 Å². The number of aromatic amines is 1. The third-order valence-electron chi connectivity index (χ3n) is 4.58. The second-order valence-corrected chi connectivity index (χ2v) is 6.27. The molecule has 0 aliphatic carbocycles. The van der Waals surface area contributed by atoms with E-state index in [-0.39, 0.29) is 18.0 Å². The molecule has 2 heterocycles. The van der Waals surface area contributed by atoms with Gasteiger partial charge in [0.25, 0.3) is 0 Å². The van der Waals surface area contributed by atoms with Gasteiger partial charge in [-0.3, -0.25) is 9.89 Å². The highest BCUT2D eigenvalue weighted by molar-refractivity contribution is 5.97. The van der Waals surface area contributed by atoms with E-state index in [0.29, 0.717) is 0 Å². The standard InChI is InChI=1S/C19H19FN4O/c20-14-7-5-9-17(24-10-3-4-11-24)19(14)21-18(25)12-16-13-6-1-2-8-15(13)22-23-16/h1-2,5-9H,3-4,10-12H2,(H,21,25)(H,22,23). The van der Waals surface area contributed by atoms with Crippen molar-refractivity contribution >= 4 is 28.2 Å². The van der Waals surface area contributed by atoms with Gasteiger partial charge in [-0.15, -0.1) is 0 Å². The van der Waals surface area contributed by atoms with Crippen LogP contribution in [0.4, 0.5) is 15.8 Å². The predicted octanol–water partition coefficient (Wildman–Crippen LogP) is 3.48. The third-order valence-corrected chi connectivity index (χ3v) is 4.58. The molecule has 1 aromatic heterocycles. The lowest BCUT2D eigenvalue weighted by Gasteiger charge is -2.22. The van der Waals surface area contributed by atoms with Crippen molar-refractivity contribution in [2.45, 2.75) is 19.3 Å². The quantitative estimate of drug-likeness (QED) is 0.765. The lowest BCUT2D eigenvalue weighted by atomic mass is 10.1. The van der Waals surface area contributed by atoms with Gasteiger partial charge >= 0.3 is 0 Å². The van der Waals surface area contributed by atoms with Crippen LogP contribution >= 0.6 is 0 Å². The molecular formula is C19H19FN4O. The molecule has 0 saturated carbocycles. The predicted molar refractivity (Wildman–Crippen MR) is 96.3 cm³/mol. The van der Waals surface area contributed by atoms with Crippen molar-refractivity contribution in [3.8, 4) is 0 Å². The van der Waals surface area contributed by atoms with Crippen LogP contribution in [0.15, 0.2) is 42.5 Å². The van der Waals surface area contributed by atoms with E-state index < -0.39 is 5.82 Å². The Bertz CT molecular complexity index is 915. The molecule has 1 saturated heterocycles. The lowest BCUT2D eigenvalue weighted by Crippen LogP contribution is -2.22. The Morgan fingerprint density at radius 3 is 2.80 bits per heavy atom. The van der Waals surface area contributed by atoms with E-state index in [4.69, 9.17) is 0 Å². The molecule has 1 aliphatic rings. The molecule has 2 N–H and O–H groups in total. The number of benzene rings is 2. The zero-order valence-electron chi connectivity index (χ0n) is 13.8. The monoisotopic (exact) mass is 338 g/mol. The summed E-state index contributed by atoms with van der Waals surface area (Å²) in [7, 11) is 0. The van der Waals surface area contributed by atoms with E-state index in [9.17, 15) is 9.18 Å². The molecular weight excluding hydrogens is 319 g/mol. The average molecular weight is 338 g/mol. The maximum absolute atomic E-state index is 14.3. The molecule has 1 aliphatic heterocycles. The molecule has 5 nitrogen and oxygen atoms in total. The number of hydrogen-bond donors (Lipinski definition) is 2. The van der Waals surface area contributed by atoms with Crippen molar-refractivity contribution in [1.29, 1.82) is 0 Å². The molecule has 1 fully saturated rings. The van der Waals surface area contributed by atoms with Gasteiger partial charge in [-0.05, 0) is 31.0 Å². The lowest BCUT2D eigenvalue weighted by molar-refractivity contribution is -0.115. The highest BCUT2D eigenvalue weighted by Crippen LogP contribution is 2.31. The van der Waals surface area contributed by atoms with Crippen molar-refractivity contribution < 1.29 is 9.18 Å². The van der Waals surface area contributed by atoms with Crippen LogP contribution in [-0.2, 0) is 11.2 Å². The number of aromatic nitrogens is 2. The molecule has 3 aromatic rings. The second-order valence-electron chi connectivity index (χ2n) is 6.27. The fraction of sp³-hybridized carbons (Fsp3) is 0.263. The molecule has 2 aromatic carbocycles. The highest BCUT2D eigenvalue weighted by atomic mass is 19.1. The Balaban J connectivity index is 1.56. The van der Waals surface area contributed by atoms with Gasteiger partial charge < -0.3 is 10.2 Å². The van der Waals surface area contributed by atoms with Crippen LogP contribution in [0, 0.1) is 5.82 Å². The van der Waals surface area contributed by atoms with Gasteiger partial charge in [0.15, 0.2) is 0 Å². The number of halogens is 1. The first-order valence-corrected chi connectivity index (χ1v) is 8.47. The van der Waals surface area contributed by atoms with Crippen molar-refractivity contribution in [1.82, 2.24) is 10.2 Å². The minimum absolute atomic E-state index is 0.119. The Hall–Kier alpha value is -2.89. The molecule has 0 bridgehead atoms. The molecule has 6 heteroatoms. The number of hydrogen-bond acceptors (Lipinski definition) is 3. The van der Waals surface area contributed by atoms with Crippen LogP contribution in [-0.4, -0.2) is 29.2 Å². The minimum Gasteiger partial charge on any atom is -0.370 e. The first kappa shape index (κ1) is 15.6. The summed E-state index contributed by atoms with van der Waals surface area (Å²) in [5.41, 5.74) is 2.56. The van der Waals surface area contributed by atoms with Gasteiger partial charge in [-0.2, -0.15) is 5.10 Å². The molecule has 0 radical (unpaired) electrons. The summed E-state index contributed by atoms with van der Waals surface area (Å²) >= 11 is 0. The van der Waals surface area contributed by atoms with Crippen LogP contribution in [0.25, 0.3) is 10.9 Å². The van der Waals surface area contributed by atoms with Gasteiger partial charge in [-0.25, -0.2) is 4.39 Å². The zero-order valence-corrected chi connectivity index (χ0v) is 13.8. The van der Waals surface area contributed by atoms with E-state index in [1.54, 1.807) is 6.07 Å². The van der Waals surface area contributed by atoms with Gasteiger partial charge in [0.2, 0.25) is 5.91 Å². The topological polar surface area (TPSA) is 61.0 Å². The van der Waals surface area contributed by atoms with Crippen LogP contribution in [0.2, 0.25) is 0 Å². The SMILES string of the molecule is O=C(Cc1[nH]nc2ccccc12)Nc1c(F)cccc1N1CCCC1. The van der Waals surface area contributed by atoms with Crippen molar-refractivity contribution in [2.75, 3.05) is 23.3 Å². The molecule has 0 unspecified atom stereocenters. The number of carbonyl (C=O) groups is 1. The second kappa shape index (κ2) is 6.55. The van der Waals surface area contributed by atoms with Gasteiger partial charge in [0.05, 0.1) is 23.3 Å². The van der Waals surface area contributed by atoms with E-state index in [1.807, 2.05) is 30.3 Å². The first-order chi connectivity index (χ1) is 12.2. The van der Waals surface area contributed by atoms with Gasteiger partial charge in [0, 0.05) is 18.5 Å². The van der Waals surface area contributed by atoms with Crippen LogP contribution in [0.3, 0.4) is 0 Å². The average Bonchev–Trinajstić information content (AvgIpc) is 3.27. The van der Waals surface area contributed by atoms with Crippen LogP contribution in [0.1, 0.15) is 18.5 Å². The van der Waals surface area contributed by atoms with Crippen molar-refractivity contribution in [3.63, 3.8) is 0 Å². The number of amides is 1. The number of para-hydroxylation sites is 2. The Morgan fingerprint density at radius 2 is 1.96 bits per heavy atom. The summed E-state index contributed by atoms with van der Waals surface area (Å²) in [5.74, 6) is -0.674. The minimum atomic E-state index is -0.410.